The van der Waals surface area contributed by atoms with Gasteiger partial charge in [-0.3, -0.25) is 4.79 Å². The average Bonchev–Trinajstić information content (AvgIpc) is 3.29. The molecule has 0 saturated heterocycles. The third-order valence-corrected chi connectivity index (χ3v) is 7.67. The largest absolute Gasteiger partial charge is 0.494 e. The normalized spacial score (nSPS) is 18.7. The van der Waals surface area contributed by atoms with E-state index < -0.39 is 11.6 Å². The molecule has 8 heteroatoms. The molecule has 0 aromatic heterocycles. The van der Waals surface area contributed by atoms with Gasteiger partial charge in [-0.05, 0) is 48.4 Å². The second kappa shape index (κ2) is 12.7. The number of ether oxygens (including phenoxy) is 2. The molecule has 4 rings (SSSR count). The van der Waals surface area contributed by atoms with Gasteiger partial charge in [0.05, 0.1) is 6.61 Å². The van der Waals surface area contributed by atoms with Crippen molar-refractivity contribution in [2.45, 2.75) is 37.8 Å². The number of hydrogen-bond donors (Lipinski definition) is 2. The van der Waals surface area contributed by atoms with Crippen LogP contribution in [-0.2, 0) is 16.0 Å². The van der Waals surface area contributed by atoms with Crippen LogP contribution in [-0.4, -0.2) is 42.2 Å². The van der Waals surface area contributed by atoms with E-state index in [2.05, 4.69) is 37.2 Å². The molecule has 0 bridgehead atoms. The summed E-state index contributed by atoms with van der Waals surface area (Å²) in [7, 11) is 0. The van der Waals surface area contributed by atoms with Crippen molar-refractivity contribution in [3.63, 3.8) is 0 Å². The molecule has 0 radical (unpaired) electrons. The second-order valence-electron chi connectivity index (χ2n) is 8.83. The number of aliphatic imine (C=N–C) groups is 1. The predicted molar refractivity (Wildman–Crippen MR) is 152 cm³/mol. The fourth-order valence-electron chi connectivity index (χ4n) is 4.27. The Morgan fingerprint density at radius 2 is 1.76 bits per heavy atom. The molecule has 1 heterocycles. The van der Waals surface area contributed by atoms with Crippen molar-refractivity contribution in [2.75, 3.05) is 19.8 Å². The van der Waals surface area contributed by atoms with Crippen LogP contribution in [0.15, 0.2) is 86.7 Å². The van der Waals surface area contributed by atoms with E-state index in [0.717, 1.165) is 32.1 Å². The van der Waals surface area contributed by atoms with Crippen LogP contribution in [0.5, 0.6) is 5.75 Å². The van der Waals surface area contributed by atoms with E-state index in [0.29, 0.717) is 37.6 Å². The van der Waals surface area contributed by atoms with Crippen LogP contribution in [0, 0.1) is 0 Å². The van der Waals surface area contributed by atoms with Crippen molar-refractivity contribution in [2.24, 2.45) is 4.99 Å². The molecule has 0 fully saturated rings. The molecule has 1 amide bonds. The smallest absolute Gasteiger partial charge is 0.252 e. The summed E-state index contributed by atoms with van der Waals surface area (Å²) in [6.07, 6.45) is 1.07. The van der Waals surface area contributed by atoms with Gasteiger partial charge in [0.2, 0.25) is 5.90 Å². The van der Waals surface area contributed by atoms with Crippen LogP contribution in [0.1, 0.15) is 42.6 Å². The molecule has 0 spiro atoms. The fourth-order valence-corrected chi connectivity index (χ4v) is 5.19. The third-order valence-electron chi connectivity index (χ3n) is 6.17. The quantitative estimate of drug-likeness (QED) is 0.255. The molecular weight excluding hydrogens is 600 g/mol. The molecule has 0 saturated carbocycles. The second-order valence-corrected chi connectivity index (χ2v) is 10.5. The SMILES string of the molecule is CCCNC(=O)[C@]1(Cc2ccccc2Br)N=C(c2ccc(OCCCO)cc2)O[C@@H]1c1ccccc1Br. The number of benzene rings is 3. The van der Waals surface area contributed by atoms with E-state index in [1.165, 1.54) is 0 Å². The van der Waals surface area contributed by atoms with Gasteiger partial charge in [-0.15, -0.1) is 0 Å². The van der Waals surface area contributed by atoms with E-state index in [1.807, 2.05) is 79.7 Å². The Hall–Kier alpha value is -2.68. The zero-order valence-corrected chi connectivity index (χ0v) is 23.8. The Morgan fingerprint density at radius 3 is 2.43 bits per heavy atom. The number of carbonyl (C=O) groups is 1. The van der Waals surface area contributed by atoms with Crippen molar-refractivity contribution < 1.29 is 19.4 Å². The van der Waals surface area contributed by atoms with Gasteiger partial charge < -0.3 is 19.9 Å². The van der Waals surface area contributed by atoms with E-state index in [1.54, 1.807) is 0 Å². The lowest BCUT2D eigenvalue weighted by molar-refractivity contribution is -0.128. The maximum atomic E-state index is 13.9. The van der Waals surface area contributed by atoms with Gasteiger partial charge in [-0.25, -0.2) is 4.99 Å². The minimum atomic E-state index is -1.23. The zero-order valence-electron chi connectivity index (χ0n) is 20.6. The summed E-state index contributed by atoms with van der Waals surface area (Å²) in [5, 5.41) is 12.1. The fraction of sp³-hybridized carbons (Fsp3) is 0.310. The Balaban J connectivity index is 1.79. The topological polar surface area (TPSA) is 80.2 Å². The number of nitrogens with zero attached hydrogens (tertiary/aromatic N) is 1. The Labute approximate surface area is 234 Å². The van der Waals surface area contributed by atoms with Crippen LogP contribution in [0.3, 0.4) is 0 Å². The first-order valence-electron chi connectivity index (χ1n) is 12.3. The molecule has 0 aliphatic carbocycles. The molecule has 1 aliphatic heterocycles. The summed E-state index contributed by atoms with van der Waals surface area (Å²) in [4.78, 5) is 19.0. The number of halogens is 2. The minimum absolute atomic E-state index is 0.0822. The summed E-state index contributed by atoms with van der Waals surface area (Å²) >= 11 is 7.32. The maximum Gasteiger partial charge on any atom is 0.252 e. The summed E-state index contributed by atoms with van der Waals surface area (Å²) in [5.41, 5.74) is 1.34. The molecule has 6 nitrogen and oxygen atoms in total. The number of amides is 1. The molecule has 2 atom stereocenters. The highest BCUT2D eigenvalue weighted by Gasteiger charge is 2.53. The average molecular weight is 630 g/mol. The third kappa shape index (κ3) is 6.25. The molecule has 2 N–H and O–H groups in total. The van der Waals surface area contributed by atoms with Gasteiger partial charge in [-0.1, -0.05) is 75.2 Å². The van der Waals surface area contributed by atoms with Crippen molar-refractivity contribution >= 4 is 43.7 Å². The lowest BCUT2D eigenvalue weighted by Crippen LogP contribution is -2.50. The molecule has 3 aromatic carbocycles. The number of nitrogens with one attached hydrogen (secondary N) is 1. The van der Waals surface area contributed by atoms with Gasteiger partial charge in [0.15, 0.2) is 11.6 Å². The number of aliphatic hydroxyl groups is 1. The molecule has 1 aliphatic rings. The first-order valence-corrected chi connectivity index (χ1v) is 13.9. The molecule has 194 valence electrons. The number of hydrogen-bond acceptors (Lipinski definition) is 5. The minimum Gasteiger partial charge on any atom is -0.494 e. The number of carbonyl (C=O) groups excluding carboxylic acids is 1. The molecule has 0 unspecified atom stereocenters. The van der Waals surface area contributed by atoms with Gasteiger partial charge in [0, 0.05) is 46.1 Å². The highest BCUT2D eigenvalue weighted by Crippen LogP contribution is 2.45. The Kier molecular flexibility index (Phi) is 9.40. The first kappa shape index (κ1) is 27.4. The van der Waals surface area contributed by atoms with E-state index in [-0.39, 0.29) is 12.5 Å². The monoisotopic (exact) mass is 628 g/mol. The predicted octanol–water partition coefficient (Wildman–Crippen LogP) is 6.00. The van der Waals surface area contributed by atoms with Gasteiger partial charge >= 0.3 is 0 Å². The Bertz CT molecular complexity index is 1250. The highest BCUT2D eigenvalue weighted by molar-refractivity contribution is 9.10. The van der Waals surface area contributed by atoms with Crippen molar-refractivity contribution in [1.29, 1.82) is 0 Å². The molecule has 3 aromatic rings. The van der Waals surface area contributed by atoms with E-state index in [9.17, 15) is 4.79 Å². The summed E-state index contributed by atoms with van der Waals surface area (Å²) in [5.74, 6) is 0.921. The van der Waals surface area contributed by atoms with Crippen LogP contribution >= 0.6 is 31.9 Å². The van der Waals surface area contributed by atoms with Crippen LogP contribution in [0.2, 0.25) is 0 Å². The van der Waals surface area contributed by atoms with Crippen LogP contribution in [0.25, 0.3) is 0 Å². The number of rotatable bonds is 11. The lowest BCUT2D eigenvalue weighted by Gasteiger charge is -2.31. The van der Waals surface area contributed by atoms with Crippen molar-refractivity contribution in [3.05, 3.63) is 98.4 Å². The van der Waals surface area contributed by atoms with Crippen molar-refractivity contribution in [1.82, 2.24) is 5.32 Å². The highest BCUT2D eigenvalue weighted by atomic mass is 79.9. The van der Waals surface area contributed by atoms with Crippen LogP contribution < -0.4 is 10.1 Å². The number of aliphatic hydroxyl groups excluding tert-OH is 1. The zero-order chi connectivity index (χ0) is 26.3. The van der Waals surface area contributed by atoms with Gasteiger partial charge in [0.25, 0.3) is 5.91 Å². The molecule has 37 heavy (non-hydrogen) atoms. The summed E-state index contributed by atoms with van der Waals surface area (Å²) in [6, 6.07) is 23.1. The van der Waals surface area contributed by atoms with Gasteiger partial charge in [-0.2, -0.15) is 0 Å². The van der Waals surface area contributed by atoms with E-state index in [4.69, 9.17) is 19.6 Å². The van der Waals surface area contributed by atoms with Gasteiger partial charge in [0.1, 0.15) is 5.75 Å². The first-order chi connectivity index (χ1) is 18.0. The van der Waals surface area contributed by atoms with Crippen molar-refractivity contribution in [3.8, 4) is 5.75 Å². The van der Waals surface area contributed by atoms with Crippen LogP contribution in [0.4, 0.5) is 0 Å². The summed E-state index contributed by atoms with van der Waals surface area (Å²) < 4.78 is 14.0. The molecular formula is C29H30Br2N2O4. The maximum absolute atomic E-state index is 13.9. The lowest BCUT2D eigenvalue weighted by atomic mass is 9.82. The Morgan fingerprint density at radius 1 is 1.05 bits per heavy atom. The van der Waals surface area contributed by atoms with E-state index >= 15 is 0 Å². The summed E-state index contributed by atoms with van der Waals surface area (Å²) in [6.45, 7) is 3.09. The standard InChI is InChI=1S/C29H30Br2N2O4/c1-2-16-32-28(35)29(19-21-8-3-5-10-24(21)30)26(23-9-4-6-11-25(23)31)37-27(33-29)20-12-14-22(15-13-20)36-18-7-17-34/h3-6,8-15,26,34H,2,7,16-19H2,1H3,(H,32,35)/t26-,29-/m1/s1.